The first kappa shape index (κ1) is 14.5. The third-order valence-corrected chi connectivity index (χ3v) is 4.65. The van der Waals surface area contributed by atoms with Crippen molar-refractivity contribution in [2.24, 2.45) is 0 Å². The highest BCUT2D eigenvalue weighted by Crippen LogP contribution is 2.20. The number of nitrogen functional groups attached to an aromatic ring is 1. The van der Waals surface area contributed by atoms with E-state index < -0.39 is 16.1 Å². The number of aryl methyl sites for hydroxylation is 1. The highest BCUT2D eigenvalue weighted by atomic mass is 32.2. The maximum Gasteiger partial charge on any atom is 0.241 e. The van der Waals surface area contributed by atoms with Crippen LogP contribution >= 0.6 is 0 Å². The monoisotopic (exact) mass is 291 g/mol. The minimum atomic E-state index is -3.60. The number of aromatic nitrogens is 1. The van der Waals surface area contributed by atoms with Gasteiger partial charge in [-0.1, -0.05) is 6.07 Å². The van der Waals surface area contributed by atoms with Gasteiger partial charge in [0.05, 0.1) is 16.6 Å². The number of rotatable bonds is 4. The van der Waals surface area contributed by atoms with Crippen molar-refractivity contribution in [3.05, 3.63) is 53.9 Å². The Morgan fingerprint density at radius 2 is 2.00 bits per heavy atom. The number of benzene rings is 1. The van der Waals surface area contributed by atoms with Crippen LogP contribution in [-0.2, 0) is 10.0 Å². The lowest BCUT2D eigenvalue weighted by Crippen LogP contribution is -2.28. The van der Waals surface area contributed by atoms with Gasteiger partial charge >= 0.3 is 0 Å². The van der Waals surface area contributed by atoms with Gasteiger partial charge in [0.25, 0.3) is 0 Å². The Labute approximate surface area is 118 Å². The molecule has 0 spiro atoms. The molecule has 0 aliphatic heterocycles. The first-order chi connectivity index (χ1) is 9.40. The van der Waals surface area contributed by atoms with E-state index in [1.807, 2.05) is 6.07 Å². The van der Waals surface area contributed by atoms with Gasteiger partial charge in [0.15, 0.2) is 0 Å². The number of sulfonamides is 1. The molecule has 0 amide bonds. The second-order valence-corrected chi connectivity index (χ2v) is 6.30. The van der Waals surface area contributed by atoms with E-state index in [9.17, 15) is 8.42 Å². The van der Waals surface area contributed by atoms with Crippen molar-refractivity contribution in [3.8, 4) is 0 Å². The van der Waals surface area contributed by atoms with Crippen LogP contribution in [0.3, 0.4) is 0 Å². The van der Waals surface area contributed by atoms with Crippen LogP contribution in [-0.4, -0.2) is 13.4 Å². The Morgan fingerprint density at radius 1 is 1.25 bits per heavy atom. The Bertz CT molecular complexity index is 700. The zero-order chi connectivity index (χ0) is 14.8. The van der Waals surface area contributed by atoms with E-state index >= 15 is 0 Å². The lowest BCUT2D eigenvalue weighted by atomic mass is 10.2. The Kier molecular flexibility index (Phi) is 4.06. The average Bonchev–Trinajstić information content (AvgIpc) is 2.38. The lowest BCUT2D eigenvalue weighted by molar-refractivity contribution is 0.563. The van der Waals surface area contributed by atoms with Crippen LogP contribution in [0.15, 0.2) is 47.5 Å². The summed E-state index contributed by atoms with van der Waals surface area (Å²) in [6.45, 7) is 3.48. The van der Waals surface area contributed by atoms with Gasteiger partial charge in [-0.25, -0.2) is 13.1 Å². The zero-order valence-electron chi connectivity index (χ0n) is 11.4. The standard InChI is InChI=1S/C14H17N3O2S/c1-10-9-12(15)6-7-14(10)20(18,19)17-11(2)13-5-3-4-8-16-13/h3-9,11,17H,15H2,1-2H3. The van der Waals surface area contributed by atoms with Crippen molar-refractivity contribution in [1.82, 2.24) is 9.71 Å². The van der Waals surface area contributed by atoms with Crippen molar-refractivity contribution in [2.45, 2.75) is 24.8 Å². The second kappa shape index (κ2) is 5.60. The van der Waals surface area contributed by atoms with Crippen molar-refractivity contribution in [1.29, 1.82) is 0 Å². The average molecular weight is 291 g/mol. The summed E-state index contributed by atoms with van der Waals surface area (Å²) in [6.07, 6.45) is 1.63. The Hall–Kier alpha value is -1.92. The third-order valence-electron chi connectivity index (χ3n) is 2.95. The molecule has 1 aromatic heterocycles. The summed E-state index contributed by atoms with van der Waals surface area (Å²) in [5, 5.41) is 0. The molecule has 20 heavy (non-hydrogen) atoms. The van der Waals surface area contributed by atoms with Gasteiger partial charge < -0.3 is 5.73 Å². The molecule has 106 valence electrons. The molecular weight excluding hydrogens is 274 g/mol. The molecule has 0 radical (unpaired) electrons. The van der Waals surface area contributed by atoms with E-state index in [2.05, 4.69) is 9.71 Å². The fraction of sp³-hybridized carbons (Fsp3) is 0.214. The smallest absolute Gasteiger partial charge is 0.241 e. The first-order valence-corrected chi connectivity index (χ1v) is 7.68. The molecule has 0 aliphatic carbocycles. The summed E-state index contributed by atoms with van der Waals surface area (Å²) in [4.78, 5) is 4.38. The third kappa shape index (κ3) is 3.15. The van der Waals surface area contributed by atoms with E-state index in [-0.39, 0.29) is 4.90 Å². The molecule has 2 rings (SSSR count). The predicted molar refractivity (Wildman–Crippen MR) is 78.6 cm³/mol. The zero-order valence-corrected chi connectivity index (χ0v) is 12.2. The summed E-state index contributed by atoms with van der Waals surface area (Å²) < 4.78 is 27.4. The molecule has 5 nitrogen and oxygen atoms in total. The number of nitrogens with zero attached hydrogens (tertiary/aromatic N) is 1. The molecule has 2 aromatic rings. The minimum absolute atomic E-state index is 0.231. The Morgan fingerprint density at radius 3 is 2.60 bits per heavy atom. The summed E-state index contributed by atoms with van der Waals surface area (Å²) in [7, 11) is -3.60. The molecule has 0 saturated carbocycles. The maximum atomic E-state index is 12.4. The van der Waals surface area contributed by atoms with Crippen molar-refractivity contribution in [3.63, 3.8) is 0 Å². The molecule has 0 saturated heterocycles. The first-order valence-electron chi connectivity index (χ1n) is 6.19. The second-order valence-electron chi connectivity index (χ2n) is 4.62. The molecule has 0 fully saturated rings. The summed E-state index contributed by atoms with van der Waals surface area (Å²) in [5.74, 6) is 0. The summed E-state index contributed by atoms with van der Waals surface area (Å²) in [5.41, 5.74) is 7.47. The van der Waals surface area contributed by atoms with E-state index in [0.29, 0.717) is 16.9 Å². The van der Waals surface area contributed by atoms with Crippen molar-refractivity contribution >= 4 is 15.7 Å². The highest BCUT2D eigenvalue weighted by Gasteiger charge is 2.20. The van der Waals surface area contributed by atoms with E-state index in [4.69, 9.17) is 5.73 Å². The topological polar surface area (TPSA) is 85.1 Å². The SMILES string of the molecule is Cc1cc(N)ccc1S(=O)(=O)NC(C)c1ccccn1. The van der Waals surface area contributed by atoms with Crippen LogP contribution in [0.5, 0.6) is 0 Å². The number of hydrogen-bond acceptors (Lipinski definition) is 4. The lowest BCUT2D eigenvalue weighted by Gasteiger charge is -2.15. The van der Waals surface area contributed by atoms with Crippen LogP contribution in [0.1, 0.15) is 24.2 Å². The van der Waals surface area contributed by atoms with E-state index in [1.54, 1.807) is 44.3 Å². The number of nitrogens with one attached hydrogen (secondary N) is 1. The molecule has 1 atom stereocenters. The molecule has 0 bridgehead atoms. The molecule has 1 heterocycles. The van der Waals surface area contributed by atoms with Crippen LogP contribution in [0.2, 0.25) is 0 Å². The fourth-order valence-corrected chi connectivity index (χ4v) is 3.41. The van der Waals surface area contributed by atoms with Gasteiger partial charge in [-0.15, -0.1) is 0 Å². The minimum Gasteiger partial charge on any atom is -0.399 e. The van der Waals surface area contributed by atoms with E-state index in [1.165, 1.54) is 6.07 Å². The van der Waals surface area contributed by atoms with Crippen LogP contribution in [0.4, 0.5) is 5.69 Å². The number of hydrogen-bond donors (Lipinski definition) is 2. The van der Waals surface area contributed by atoms with Crippen LogP contribution in [0, 0.1) is 6.92 Å². The molecule has 1 unspecified atom stereocenters. The largest absolute Gasteiger partial charge is 0.399 e. The number of pyridine rings is 1. The Balaban J connectivity index is 2.28. The fourth-order valence-electron chi connectivity index (χ4n) is 1.96. The van der Waals surface area contributed by atoms with Crippen LogP contribution in [0.25, 0.3) is 0 Å². The van der Waals surface area contributed by atoms with Gasteiger partial charge in [-0.05, 0) is 49.7 Å². The van der Waals surface area contributed by atoms with Crippen LogP contribution < -0.4 is 10.5 Å². The van der Waals surface area contributed by atoms with Crippen molar-refractivity contribution in [2.75, 3.05) is 5.73 Å². The predicted octanol–water partition coefficient (Wildman–Crippen LogP) is 2.01. The molecule has 0 aliphatic rings. The summed E-state index contributed by atoms with van der Waals surface area (Å²) in [6, 6.07) is 9.71. The summed E-state index contributed by atoms with van der Waals surface area (Å²) >= 11 is 0. The van der Waals surface area contributed by atoms with Gasteiger partial charge in [0.2, 0.25) is 10.0 Å². The molecule has 1 aromatic carbocycles. The van der Waals surface area contributed by atoms with Gasteiger partial charge in [-0.2, -0.15) is 0 Å². The highest BCUT2D eigenvalue weighted by molar-refractivity contribution is 7.89. The number of anilines is 1. The van der Waals surface area contributed by atoms with Gasteiger partial charge in [0, 0.05) is 11.9 Å². The number of nitrogens with two attached hydrogens (primary N) is 1. The molecular formula is C14H17N3O2S. The van der Waals surface area contributed by atoms with Gasteiger partial charge in [-0.3, -0.25) is 4.98 Å². The molecule has 6 heteroatoms. The van der Waals surface area contributed by atoms with Crippen molar-refractivity contribution < 1.29 is 8.42 Å². The van der Waals surface area contributed by atoms with E-state index in [0.717, 1.165) is 0 Å². The maximum absolute atomic E-state index is 12.4. The normalized spacial score (nSPS) is 13.1. The quantitative estimate of drug-likeness (QED) is 0.844. The van der Waals surface area contributed by atoms with Gasteiger partial charge in [0.1, 0.15) is 0 Å². The molecule has 3 N–H and O–H groups in total.